The van der Waals surface area contributed by atoms with Crippen LogP contribution in [0.3, 0.4) is 0 Å². The minimum absolute atomic E-state index is 0.245. The summed E-state index contributed by atoms with van der Waals surface area (Å²) in [7, 11) is 0.882. The summed E-state index contributed by atoms with van der Waals surface area (Å²) in [4.78, 5) is 0. The van der Waals surface area contributed by atoms with Gasteiger partial charge in [0, 0.05) is 0 Å². The maximum absolute atomic E-state index is 2.41. The summed E-state index contributed by atoms with van der Waals surface area (Å²) < 4.78 is 0. The highest BCUT2D eigenvalue weighted by Gasteiger charge is 2.21. The molecule has 0 spiro atoms. The average Bonchev–Trinajstić information content (AvgIpc) is 2.49. The molecule has 0 fully saturated rings. The van der Waals surface area contributed by atoms with Gasteiger partial charge in [0.25, 0.3) is 0 Å². The van der Waals surface area contributed by atoms with Crippen LogP contribution >= 0.6 is 8.58 Å². The quantitative estimate of drug-likeness (QED) is 0.460. The van der Waals surface area contributed by atoms with Crippen molar-refractivity contribution in [3.8, 4) is 0 Å². The Hall–Kier alpha value is -0.350. The molecule has 1 rings (SSSR count). The van der Waals surface area contributed by atoms with E-state index >= 15 is 0 Å². The Kier molecular flexibility index (Phi) is 16.8. The van der Waals surface area contributed by atoms with Crippen molar-refractivity contribution in [3.63, 3.8) is 0 Å². The minimum Gasteiger partial charge on any atom is -0.0933 e. The second kappa shape index (κ2) is 14.0. The van der Waals surface area contributed by atoms with Crippen molar-refractivity contribution in [3.05, 3.63) is 29.3 Å². The van der Waals surface area contributed by atoms with Crippen LogP contribution in [-0.2, 0) is 10.8 Å². The summed E-state index contributed by atoms with van der Waals surface area (Å²) in [5.41, 5.74) is 3.45. The zero-order valence-electron chi connectivity index (χ0n) is 18.4. The van der Waals surface area contributed by atoms with Gasteiger partial charge in [-0.25, -0.2) is 0 Å². The maximum atomic E-state index is 2.41. The highest BCUT2D eigenvalue weighted by atomic mass is 31.1. The van der Waals surface area contributed by atoms with Gasteiger partial charge < -0.3 is 0 Å². The minimum atomic E-state index is 0.245. The van der Waals surface area contributed by atoms with E-state index in [2.05, 4.69) is 80.3 Å². The fraction of sp³-hybridized carbons (Fsp3) is 0.727. The first-order valence-electron chi connectivity index (χ1n) is 9.40. The number of benzene rings is 1. The average molecular weight is 341 g/mol. The van der Waals surface area contributed by atoms with Crippen molar-refractivity contribution >= 4 is 13.9 Å². The molecule has 0 saturated heterocycles. The third kappa shape index (κ3) is 11.8. The molecule has 0 N–H and O–H groups in total. The Bertz CT molecular complexity index is 378. The van der Waals surface area contributed by atoms with E-state index in [-0.39, 0.29) is 10.8 Å². The molecule has 0 saturated carbocycles. The maximum Gasteiger partial charge on any atom is -0.0126 e. The van der Waals surface area contributed by atoms with Crippen LogP contribution in [0.15, 0.2) is 18.2 Å². The Morgan fingerprint density at radius 1 is 0.783 bits per heavy atom. The lowest BCUT2D eigenvalue weighted by atomic mass is 9.81. The lowest BCUT2D eigenvalue weighted by molar-refractivity contribution is 0.571. The summed E-state index contributed by atoms with van der Waals surface area (Å²) in [6.45, 7) is 28.3. The molecule has 0 aromatic heterocycles. The van der Waals surface area contributed by atoms with Gasteiger partial charge in [0.05, 0.1) is 0 Å². The molecule has 0 nitrogen and oxygen atoms in total. The van der Waals surface area contributed by atoms with Crippen LogP contribution in [-0.4, -0.2) is 6.66 Å². The Morgan fingerprint density at radius 2 is 1.17 bits per heavy atom. The molecular weight excluding hydrogens is 295 g/mol. The van der Waals surface area contributed by atoms with Crippen molar-refractivity contribution in [1.29, 1.82) is 0 Å². The summed E-state index contributed by atoms with van der Waals surface area (Å²) in [6, 6.07) is 7.02. The largest absolute Gasteiger partial charge is 0.0933 e. The number of rotatable bonds is 1. The van der Waals surface area contributed by atoms with Crippen molar-refractivity contribution in [2.24, 2.45) is 0 Å². The zero-order valence-corrected chi connectivity index (χ0v) is 19.4. The molecule has 1 aromatic rings. The van der Waals surface area contributed by atoms with Crippen molar-refractivity contribution in [2.75, 3.05) is 6.66 Å². The first-order chi connectivity index (χ1) is 10.6. The molecule has 0 heterocycles. The highest BCUT2D eigenvalue weighted by molar-refractivity contribution is 7.46. The molecule has 138 valence electrons. The monoisotopic (exact) mass is 340 g/mol. The fourth-order valence-electron chi connectivity index (χ4n) is 1.85. The van der Waals surface area contributed by atoms with Crippen LogP contribution in [0.2, 0.25) is 0 Å². The molecule has 1 aromatic carbocycles. The first-order valence-corrected chi connectivity index (χ1v) is 10.9. The lowest BCUT2D eigenvalue weighted by Gasteiger charge is -2.27. The topological polar surface area (TPSA) is 0 Å². The molecule has 0 aliphatic rings. The Labute approximate surface area is 150 Å². The SMILES string of the molecule is CC.CC.CCC.CPc1ccc(C(C)(C)C)cc1C(C)(C)C. The number of hydrogen-bond acceptors (Lipinski definition) is 0. The van der Waals surface area contributed by atoms with Gasteiger partial charge in [-0.3, -0.25) is 0 Å². The Balaban J connectivity index is -0.000000496. The predicted octanol–water partition coefficient (Wildman–Crippen LogP) is 7.68. The molecule has 0 aliphatic heterocycles. The molecule has 0 aliphatic carbocycles. The van der Waals surface area contributed by atoms with E-state index in [1.54, 1.807) is 0 Å². The molecule has 0 amide bonds. The van der Waals surface area contributed by atoms with Crippen LogP contribution in [0, 0.1) is 0 Å². The second-order valence-electron chi connectivity index (χ2n) is 7.22. The standard InChI is InChI=1S/C15H25P.C3H8.2C2H6/c1-14(2,3)11-8-9-13(16-7)12(10-11)15(4,5)6;1-3-2;2*1-2/h8-10,16H,1-7H3;3H2,1-2H3;2*1-2H3. The number of hydrogen-bond donors (Lipinski definition) is 0. The fourth-order valence-corrected chi connectivity index (χ4v) is 2.82. The summed E-state index contributed by atoms with van der Waals surface area (Å²) in [5.74, 6) is 0. The van der Waals surface area contributed by atoms with Crippen molar-refractivity contribution < 1.29 is 0 Å². The molecule has 1 unspecified atom stereocenters. The van der Waals surface area contributed by atoms with Gasteiger partial charge in [-0.2, -0.15) is 0 Å². The van der Waals surface area contributed by atoms with Gasteiger partial charge in [-0.1, -0.05) is 116 Å². The Morgan fingerprint density at radius 3 is 1.43 bits per heavy atom. The van der Waals surface area contributed by atoms with Gasteiger partial charge >= 0.3 is 0 Å². The third-order valence-corrected chi connectivity index (χ3v) is 3.94. The van der Waals surface area contributed by atoms with E-state index in [0.717, 1.165) is 8.58 Å². The normalized spacial score (nSPS) is 10.8. The van der Waals surface area contributed by atoms with Crippen LogP contribution in [0.1, 0.15) is 101 Å². The van der Waals surface area contributed by atoms with Gasteiger partial charge in [-0.05, 0) is 33.9 Å². The van der Waals surface area contributed by atoms with Gasteiger partial charge in [0.15, 0.2) is 0 Å². The molecule has 0 radical (unpaired) electrons. The van der Waals surface area contributed by atoms with E-state index in [4.69, 9.17) is 0 Å². The van der Waals surface area contributed by atoms with Crippen molar-refractivity contribution in [2.45, 2.75) is 100 Å². The van der Waals surface area contributed by atoms with E-state index in [1.165, 1.54) is 22.9 Å². The smallest absolute Gasteiger partial charge is 0.0126 e. The zero-order chi connectivity index (χ0) is 19.3. The second-order valence-corrected chi connectivity index (χ2v) is 8.26. The first kappa shape index (κ1) is 27.5. The van der Waals surface area contributed by atoms with Crippen LogP contribution in [0.25, 0.3) is 0 Å². The van der Waals surface area contributed by atoms with E-state index in [1.807, 2.05) is 27.7 Å². The highest BCUT2D eigenvalue weighted by Crippen LogP contribution is 2.29. The van der Waals surface area contributed by atoms with Gasteiger partial charge in [0.1, 0.15) is 0 Å². The van der Waals surface area contributed by atoms with Crippen LogP contribution in [0.5, 0.6) is 0 Å². The third-order valence-electron chi connectivity index (χ3n) is 2.96. The van der Waals surface area contributed by atoms with Crippen LogP contribution < -0.4 is 5.30 Å². The van der Waals surface area contributed by atoms with Gasteiger partial charge in [-0.15, -0.1) is 0 Å². The molecule has 23 heavy (non-hydrogen) atoms. The van der Waals surface area contributed by atoms with Crippen LogP contribution in [0.4, 0.5) is 0 Å². The molecule has 0 bridgehead atoms. The van der Waals surface area contributed by atoms with E-state index in [0.29, 0.717) is 0 Å². The van der Waals surface area contributed by atoms with E-state index in [9.17, 15) is 0 Å². The summed E-state index contributed by atoms with van der Waals surface area (Å²) >= 11 is 0. The molecular formula is C22H45P. The summed E-state index contributed by atoms with van der Waals surface area (Å²) in [5, 5.41) is 1.51. The van der Waals surface area contributed by atoms with Gasteiger partial charge in [0.2, 0.25) is 0 Å². The predicted molar refractivity (Wildman–Crippen MR) is 116 cm³/mol. The summed E-state index contributed by atoms with van der Waals surface area (Å²) in [6.07, 6.45) is 1.25. The van der Waals surface area contributed by atoms with Crippen molar-refractivity contribution in [1.82, 2.24) is 0 Å². The molecule has 1 atom stereocenters. The lowest BCUT2D eigenvalue weighted by Crippen LogP contribution is -2.22. The molecule has 1 heteroatoms. The van der Waals surface area contributed by atoms with E-state index < -0.39 is 0 Å².